The second-order valence-electron chi connectivity index (χ2n) is 5.79. The first-order valence-corrected chi connectivity index (χ1v) is 8.71. The molecular formula is C19H17BrN2O4. The molecule has 1 aromatic carbocycles. The van der Waals surface area contributed by atoms with Crippen LogP contribution >= 0.6 is 15.9 Å². The van der Waals surface area contributed by atoms with Crippen molar-refractivity contribution < 1.29 is 18.7 Å². The number of amides is 1. The lowest BCUT2D eigenvalue weighted by Gasteiger charge is -2.09. The first-order chi connectivity index (χ1) is 12.4. The third kappa shape index (κ3) is 3.27. The van der Waals surface area contributed by atoms with Crippen LogP contribution in [0.15, 0.2) is 39.2 Å². The molecule has 0 spiro atoms. The van der Waals surface area contributed by atoms with Crippen LogP contribution in [0.2, 0.25) is 0 Å². The van der Waals surface area contributed by atoms with Gasteiger partial charge in [0, 0.05) is 29.6 Å². The van der Waals surface area contributed by atoms with Crippen LogP contribution in [0.25, 0.3) is 11.1 Å². The van der Waals surface area contributed by atoms with Crippen LogP contribution in [-0.2, 0) is 16.1 Å². The fourth-order valence-corrected chi connectivity index (χ4v) is 3.16. The van der Waals surface area contributed by atoms with E-state index in [0.717, 1.165) is 10.0 Å². The van der Waals surface area contributed by atoms with Gasteiger partial charge in [0.25, 0.3) is 0 Å². The summed E-state index contributed by atoms with van der Waals surface area (Å²) in [4.78, 5) is 29.1. The minimum Gasteiger partial charge on any atom is -0.432 e. The Balaban J connectivity index is 2.31. The highest BCUT2D eigenvalue weighted by Crippen LogP contribution is 2.38. The quantitative estimate of drug-likeness (QED) is 0.629. The number of fused-ring (bicyclic) bond motifs is 1. The summed E-state index contributed by atoms with van der Waals surface area (Å²) in [6, 6.07) is 8.74. The van der Waals surface area contributed by atoms with Gasteiger partial charge in [-0.05, 0) is 22.9 Å². The van der Waals surface area contributed by atoms with Crippen molar-refractivity contribution in [2.75, 3.05) is 12.4 Å². The molecular weight excluding hydrogens is 400 g/mol. The number of nitrogens with zero attached hydrogens (tertiary/aromatic N) is 1. The number of pyridine rings is 1. The van der Waals surface area contributed by atoms with E-state index < -0.39 is 0 Å². The summed E-state index contributed by atoms with van der Waals surface area (Å²) in [6.07, 6.45) is 0. The predicted molar refractivity (Wildman–Crippen MR) is 101 cm³/mol. The highest BCUT2D eigenvalue weighted by molar-refractivity contribution is 9.10. The zero-order chi connectivity index (χ0) is 18.8. The number of ether oxygens (including phenoxy) is 1. The molecule has 0 bridgehead atoms. The summed E-state index contributed by atoms with van der Waals surface area (Å²) in [6.45, 7) is 3.47. The van der Waals surface area contributed by atoms with E-state index in [0.29, 0.717) is 22.3 Å². The van der Waals surface area contributed by atoms with E-state index >= 15 is 0 Å². The monoisotopic (exact) mass is 416 g/mol. The molecule has 1 amide bonds. The van der Waals surface area contributed by atoms with Crippen LogP contribution < -0.4 is 5.32 Å². The summed E-state index contributed by atoms with van der Waals surface area (Å²) in [5.41, 5.74) is 2.51. The largest absolute Gasteiger partial charge is 0.432 e. The van der Waals surface area contributed by atoms with Crippen LogP contribution in [0, 0.1) is 6.92 Å². The Bertz CT molecular complexity index is 996. The second-order valence-corrected chi connectivity index (χ2v) is 6.58. The van der Waals surface area contributed by atoms with Gasteiger partial charge in [-0.25, -0.2) is 4.98 Å². The van der Waals surface area contributed by atoms with Crippen LogP contribution in [0.4, 0.5) is 5.69 Å². The molecule has 0 saturated heterocycles. The first-order valence-electron chi connectivity index (χ1n) is 7.91. The van der Waals surface area contributed by atoms with Gasteiger partial charge in [-0.1, -0.05) is 30.3 Å². The number of anilines is 1. The minimum absolute atomic E-state index is 0.0451. The van der Waals surface area contributed by atoms with E-state index in [1.54, 1.807) is 31.4 Å². The van der Waals surface area contributed by atoms with Crippen molar-refractivity contribution in [3.63, 3.8) is 0 Å². The summed E-state index contributed by atoms with van der Waals surface area (Å²) in [7, 11) is 1.57. The molecule has 2 heterocycles. The topological polar surface area (TPSA) is 81.4 Å². The van der Waals surface area contributed by atoms with Crippen molar-refractivity contribution >= 4 is 44.4 Å². The van der Waals surface area contributed by atoms with E-state index in [4.69, 9.17) is 9.15 Å². The standard InChI is InChI=1S/C19H17BrN2O4/c1-10-15(20)13(9-25-3)14-16(22-11(2)23)18(26-19(14)21-10)17(24)12-7-5-4-6-8-12/h4-8H,9H2,1-3H3,(H,22,23). The number of aromatic nitrogens is 1. The van der Waals surface area contributed by atoms with E-state index in [1.807, 2.05) is 13.0 Å². The fourth-order valence-electron chi connectivity index (χ4n) is 2.76. The molecule has 134 valence electrons. The zero-order valence-electron chi connectivity index (χ0n) is 14.6. The summed E-state index contributed by atoms with van der Waals surface area (Å²) >= 11 is 3.51. The molecule has 0 saturated carbocycles. The first kappa shape index (κ1) is 18.3. The lowest BCUT2D eigenvalue weighted by Crippen LogP contribution is -2.11. The van der Waals surface area contributed by atoms with Crippen molar-refractivity contribution in [1.82, 2.24) is 4.98 Å². The molecule has 3 rings (SSSR count). The van der Waals surface area contributed by atoms with Gasteiger partial charge in [0.05, 0.1) is 17.7 Å². The van der Waals surface area contributed by atoms with E-state index in [9.17, 15) is 9.59 Å². The molecule has 7 heteroatoms. The SMILES string of the molecule is COCc1c(Br)c(C)nc2oc(C(=O)c3ccccc3)c(NC(C)=O)c12. The maximum Gasteiger partial charge on any atom is 0.230 e. The maximum atomic E-state index is 12.9. The number of hydrogen-bond acceptors (Lipinski definition) is 5. The van der Waals surface area contributed by atoms with Gasteiger partial charge >= 0.3 is 0 Å². The Kier molecular flexibility index (Phi) is 5.20. The third-order valence-electron chi connectivity index (χ3n) is 3.88. The molecule has 6 nitrogen and oxygen atoms in total. The lowest BCUT2D eigenvalue weighted by molar-refractivity contribution is -0.114. The number of ketones is 1. The van der Waals surface area contributed by atoms with Crippen LogP contribution in [0.3, 0.4) is 0 Å². The van der Waals surface area contributed by atoms with Crippen LogP contribution in [-0.4, -0.2) is 23.8 Å². The molecule has 0 atom stereocenters. The molecule has 0 fully saturated rings. The number of carbonyl (C=O) groups is 2. The average Bonchev–Trinajstić information content (AvgIpc) is 2.96. The smallest absolute Gasteiger partial charge is 0.230 e. The molecule has 3 aromatic rings. The van der Waals surface area contributed by atoms with Gasteiger partial charge in [0.2, 0.25) is 23.2 Å². The molecule has 0 radical (unpaired) electrons. The van der Waals surface area contributed by atoms with Gasteiger partial charge in [0.15, 0.2) is 0 Å². The Labute approximate surface area is 158 Å². The van der Waals surface area contributed by atoms with Gasteiger partial charge in [-0.3, -0.25) is 9.59 Å². The predicted octanol–water partition coefficient (Wildman–Crippen LogP) is 4.23. The number of benzene rings is 1. The van der Waals surface area contributed by atoms with Crippen molar-refractivity contribution in [3.05, 3.63) is 57.4 Å². The van der Waals surface area contributed by atoms with Gasteiger partial charge in [0.1, 0.15) is 5.69 Å². The van der Waals surface area contributed by atoms with E-state index in [2.05, 4.69) is 26.2 Å². The Morgan fingerprint density at radius 2 is 1.96 bits per heavy atom. The number of carbonyl (C=O) groups excluding carboxylic acids is 2. The Hall–Kier alpha value is -2.51. The highest BCUT2D eigenvalue weighted by atomic mass is 79.9. The number of aryl methyl sites for hydroxylation is 1. The summed E-state index contributed by atoms with van der Waals surface area (Å²) in [5.74, 6) is -0.594. The molecule has 0 aliphatic heterocycles. The van der Waals surface area contributed by atoms with Gasteiger partial charge < -0.3 is 14.5 Å². The number of hydrogen-bond donors (Lipinski definition) is 1. The molecule has 2 aromatic heterocycles. The number of halogens is 1. The summed E-state index contributed by atoms with van der Waals surface area (Å²) in [5, 5.41) is 3.28. The Morgan fingerprint density at radius 3 is 2.58 bits per heavy atom. The maximum absolute atomic E-state index is 12.9. The normalized spacial score (nSPS) is 10.9. The van der Waals surface area contributed by atoms with Gasteiger partial charge in [-0.2, -0.15) is 0 Å². The van der Waals surface area contributed by atoms with Crippen LogP contribution in [0.5, 0.6) is 0 Å². The minimum atomic E-state index is -0.329. The van der Waals surface area contributed by atoms with Gasteiger partial charge in [-0.15, -0.1) is 0 Å². The number of furan rings is 1. The third-order valence-corrected chi connectivity index (χ3v) is 4.93. The molecule has 1 N–H and O–H groups in total. The summed E-state index contributed by atoms with van der Waals surface area (Å²) < 4.78 is 11.8. The highest BCUT2D eigenvalue weighted by Gasteiger charge is 2.27. The molecule has 0 aliphatic carbocycles. The average molecular weight is 417 g/mol. The molecule has 0 aliphatic rings. The van der Waals surface area contributed by atoms with Crippen molar-refractivity contribution in [1.29, 1.82) is 0 Å². The lowest BCUT2D eigenvalue weighted by atomic mass is 10.1. The van der Waals surface area contributed by atoms with E-state index in [1.165, 1.54) is 6.92 Å². The van der Waals surface area contributed by atoms with Crippen molar-refractivity contribution in [2.24, 2.45) is 0 Å². The van der Waals surface area contributed by atoms with Crippen LogP contribution in [0.1, 0.15) is 34.3 Å². The molecule has 26 heavy (non-hydrogen) atoms. The van der Waals surface area contributed by atoms with E-state index in [-0.39, 0.29) is 29.8 Å². The van der Waals surface area contributed by atoms with Crippen molar-refractivity contribution in [2.45, 2.75) is 20.5 Å². The molecule has 0 unspecified atom stereocenters. The van der Waals surface area contributed by atoms with Crippen molar-refractivity contribution in [3.8, 4) is 0 Å². The second kappa shape index (κ2) is 7.39. The zero-order valence-corrected chi connectivity index (χ0v) is 16.1. The Morgan fingerprint density at radius 1 is 1.27 bits per heavy atom. The fraction of sp³-hybridized carbons (Fsp3) is 0.211. The number of rotatable bonds is 5. The number of methoxy groups -OCH3 is 1. The number of nitrogens with one attached hydrogen (secondary N) is 1.